The van der Waals surface area contributed by atoms with Gasteiger partial charge in [0, 0.05) is 6.20 Å². The van der Waals surface area contributed by atoms with Crippen molar-refractivity contribution in [1.82, 2.24) is 4.98 Å². The van der Waals surface area contributed by atoms with E-state index in [0.29, 0.717) is 11.4 Å². The summed E-state index contributed by atoms with van der Waals surface area (Å²) in [6, 6.07) is 5.61. The summed E-state index contributed by atoms with van der Waals surface area (Å²) in [6.07, 6.45) is 6.46. The zero-order valence-electron chi connectivity index (χ0n) is 9.52. The summed E-state index contributed by atoms with van der Waals surface area (Å²) in [5.41, 5.74) is 0.529. The molecular formula is C13H16N2O. The van der Waals surface area contributed by atoms with Crippen molar-refractivity contribution in [3.8, 4) is 11.9 Å². The van der Waals surface area contributed by atoms with E-state index in [1.54, 1.807) is 18.3 Å². The Balaban J connectivity index is 2.01. The highest BCUT2D eigenvalue weighted by atomic mass is 16.5. The Bertz CT molecular complexity index is 389. The minimum Gasteiger partial charge on any atom is -0.473 e. The van der Waals surface area contributed by atoms with Gasteiger partial charge in [-0.3, -0.25) is 0 Å². The normalized spacial score (nSPS) is 24.8. The molecule has 1 aliphatic rings. The highest BCUT2D eigenvalue weighted by Crippen LogP contribution is 2.27. The van der Waals surface area contributed by atoms with E-state index in [0.717, 1.165) is 18.8 Å². The molecule has 0 aliphatic heterocycles. The van der Waals surface area contributed by atoms with E-state index in [4.69, 9.17) is 10.00 Å². The van der Waals surface area contributed by atoms with Crippen molar-refractivity contribution in [2.24, 2.45) is 5.92 Å². The maximum atomic E-state index is 8.92. The Labute approximate surface area is 96.1 Å². The first-order valence-corrected chi connectivity index (χ1v) is 5.81. The van der Waals surface area contributed by atoms with Crippen LogP contribution in [0.25, 0.3) is 0 Å². The van der Waals surface area contributed by atoms with Gasteiger partial charge in [-0.2, -0.15) is 5.26 Å². The fourth-order valence-corrected chi connectivity index (χ4v) is 2.08. The first kappa shape index (κ1) is 10.9. The van der Waals surface area contributed by atoms with Crippen LogP contribution in [0.4, 0.5) is 0 Å². The van der Waals surface area contributed by atoms with Crippen molar-refractivity contribution in [3.05, 3.63) is 23.9 Å². The molecular weight excluding hydrogens is 200 g/mol. The lowest BCUT2D eigenvalue weighted by Crippen LogP contribution is -2.23. The smallest absolute Gasteiger partial charge is 0.231 e. The third kappa shape index (κ3) is 2.52. The zero-order valence-corrected chi connectivity index (χ0v) is 9.52. The summed E-state index contributed by atoms with van der Waals surface area (Å²) in [7, 11) is 0. The maximum Gasteiger partial charge on any atom is 0.231 e. The number of ether oxygens (including phenoxy) is 1. The molecule has 0 amide bonds. The minimum atomic E-state index is 0.234. The largest absolute Gasteiger partial charge is 0.473 e. The van der Waals surface area contributed by atoms with Gasteiger partial charge in [-0.05, 0) is 43.7 Å². The molecule has 0 spiro atoms. The summed E-state index contributed by atoms with van der Waals surface area (Å²) in [5.74, 6) is 1.29. The fraction of sp³-hybridized carbons (Fsp3) is 0.538. The molecule has 1 heterocycles. The lowest BCUT2D eigenvalue weighted by molar-refractivity contribution is 0.130. The number of aromatic nitrogens is 1. The van der Waals surface area contributed by atoms with Crippen LogP contribution in [0.2, 0.25) is 0 Å². The summed E-state index contributed by atoms with van der Waals surface area (Å²) < 4.78 is 5.79. The molecule has 0 unspecified atom stereocenters. The standard InChI is InChI=1S/C13H16N2O/c1-10-4-6-12(7-5-10)16-13-11(9-14)3-2-8-15-13/h2-3,8,10,12H,4-7H2,1H3. The molecule has 1 aliphatic carbocycles. The lowest BCUT2D eigenvalue weighted by atomic mass is 9.89. The second-order valence-corrected chi connectivity index (χ2v) is 4.47. The van der Waals surface area contributed by atoms with Crippen molar-refractivity contribution >= 4 is 0 Å². The Morgan fingerprint density at radius 3 is 2.81 bits per heavy atom. The summed E-state index contributed by atoms with van der Waals surface area (Å²) in [4.78, 5) is 4.12. The van der Waals surface area contributed by atoms with E-state index < -0.39 is 0 Å². The number of rotatable bonds is 2. The SMILES string of the molecule is CC1CCC(Oc2ncccc2C#N)CC1. The van der Waals surface area contributed by atoms with Gasteiger partial charge < -0.3 is 4.74 Å². The molecule has 1 saturated carbocycles. The van der Waals surface area contributed by atoms with Gasteiger partial charge in [0.15, 0.2) is 0 Å². The first-order chi connectivity index (χ1) is 7.79. The van der Waals surface area contributed by atoms with E-state index >= 15 is 0 Å². The van der Waals surface area contributed by atoms with Crippen molar-refractivity contribution < 1.29 is 4.74 Å². The van der Waals surface area contributed by atoms with E-state index in [1.165, 1.54) is 12.8 Å². The van der Waals surface area contributed by atoms with Crippen LogP contribution in [0.3, 0.4) is 0 Å². The van der Waals surface area contributed by atoms with E-state index in [-0.39, 0.29) is 6.10 Å². The predicted molar refractivity (Wildman–Crippen MR) is 61.0 cm³/mol. The van der Waals surface area contributed by atoms with Crippen LogP contribution < -0.4 is 4.74 Å². The Morgan fingerprint density at radius 1 is 1.38 bits per heavy atom. The molecule has 0 atom stereocenters. The lowest BCUT2D eigenvalue weighted by Gasteiger charge is -2.26. The molecule has 16 heavy (non-hydrogen) atoms. The van der Waals surface area contributed by atoms with Crippen LogP contribution >= 0.6 is 0 Å². The van der Waals surface area contributed by atoms with Gasteiger partial charge in [0.05, 0.1) is 0 Å². The molecule has 0 aromatic carbocycles. The molecule has 3 nitrogen and oxygen atoms in total. The van der Waals surface area contributed by atoms with E-state index in [1.807, 2.05) is 0 Å². The van der Waals surface area contributed by atoms with Crippen molar-refractivity contribution in [3.63, 3.8) is 0 Å². The molecule has 3 heteroatoms. The van der Waals surface area contributed by atoms with Crippen LogP contribution in [0, 0.1) is 17.2 Å². The first-order valence-electron chi connectivity index (χ1n) is 5.81. The monoisotopic (exact) mass is 216 g/mol. The fourth-order valence-electron chi connectivity index (χ4n) is 2.08. The van der Waals surface area contributed by atoms with Gasteiger partial charge in [-0.25, -0.2) is 4.98 Å². The van der Waals surface area contributed by atoms with Crippen LogP contribution in [0.15, 0.2) is 18.3 Å². The van der Waals surface area contributed by atoms with Gasteiger partial charge in [0.2, 0.25) is 5.88 Å². The van der Waals surface area contributed by atoms with Crippen LogP contribution in [-0.2, 0) is 0 Å². The molecule has 0 bridgehead atoms. The summed E-state index contributed by atoms with van der Waals surface area (Å²) in [5, 5.41) is 8.92. The van der Waals surface area contributed by atoms with Crippen molar-refractivity contribution in [2.75, 3.05) is 0 Å². The van der Waals surface area contributed by atoms with Gasteiger partial charge in [0.25, 0.3) is 0 Å². The van der Waals surface area contributed by atoms with Crippen LogP contribution in [0.5, 0.6) is 5.88 Å². The predicted octanol–water partition coefficient (Wildman–Crippen LogP) is 2.91. The van der Waals surface area contributed by atoms with Gasteiger partial charge >= 0.3 is 0 Å². The molecule has 1 fully saturated rings. The molecule has 0 radical (unpaired) electrons. The van der Waals surface area contributed by atoms with Gasteiger partial charge in [-0.15, -0.1) is 0 Å². The Kier molecular flexibility index (Phi) is 3.40. The van der Waals surface area contributed by atoms with E-state index in [9.17, 15) is 0 Å². The van der Waals surface area contributed by atoms with Crippen molar-refractivity contribution in [1.29, 1.82) is 5.26 Å². The summed E-state index contributed by atoms with van der Waals surface area (Å²) >= 11 is 0. The molecule has 0 saturated heterocycles. The quantitative estimate of drug-likeness (QED) is 0.763. The summed E-state index contributed by atoms with van der Waals surface area (Å²) in [6.45, 7) is 2.28. The molecule has 1 aromatic rings. The zero-order chi connectivity index (χ0) is 11.4. The third-order valence-corrected chi connectivity index (χ3v) is 3.13. The average Bonchev–Trinajstić information content (AvgIpc) is 2.33. The molecule has 1 aromatic heterocycles. The highest BCUT2D eigenvalue weighted by molar-refractivity contribution is 5.37. The van der Waals surface area contributed by atoms with Crippen LogP contribution in [0.1, 0.15) is 38.2 Å². The molecule has 84 valence electrons. The molecule has 0 N–H and O–H groups in total. The number of nitrogens with zero attached hydrogens (tertiary/aromatic N) is 2. The van der Waals surface area contributed by atoms with E-state index in [2.05, 4.69) is 18.0 Å². The minimum absolute atomic E-state index is 0.234. The van der Waals surface area contributed by atoms with Crippen molar-refractivity contribution in [2.45, 2.75) is 38.7 Å². The Hall–Kier alpha value is -1.56. The number of hydrogen-bond acceptors (Lipinski definition) is 3. The van der Waals surface area contributed by atoms with Crippen LogP contribution in [-0.4, -0.2) is 11.1 Å². The Morgan fingerprint density at radius 2 is 2.12 bits per heavy atom. The third-order valence-electron chi connectivity index (χ3n) is 3.13. The van der Waals surface area contributed by atoms with Gasteiger partial charge in [-0.1, -0.05) is 6.92 Å². The second-order valence-electron chi connectivity index (χ2n) is 4.47. The maximum absolute atomic E-state index is 8.92. The number of hydrogen-bond donors (Lipinski definition) is 0. The molecule has 2 rings (SSSR count). The number of nitriles is 1. The average molecular weight is 216 g/mol. The highest BCUT2D eigenvalue weighted by Gasteiger charge is 2.20. The second kappa shape index (κ2) is 4.98. The number of pyridine rings is 1. The topological polar surface area (TPSA) is 45.9 Å². The van der Waals surface area contributed by atoms with Gasteiger partial charge in [0.1, 0.15) is 17.7 Å².